The number of dihydropyridines is 1. The van der Waals surface area contributed by atoms with Crippen molar-refractivity contribution in [2.75, 3.05) is 0 Å². The quantitative estimate of drug-likeness (QED) is 0.150. The SMILES string of the molecule is N#C/N=C1/C2=CC3c4ccc(C5=CC(F)=NC(F)C5)cc4/C(=N\C#N)C3C=C2c2ccc(-c3cc(F)nc(F)c3)cc21. The Kier molecular flexibility index (Phi) is 5.80. The number of aliphatic imine (C=N–C) groups is 3. The van der Waals surface area contributed by atoms with E-state index in [9.17, 15) is 28.1 Å². The number of aromatic nitrogens is 1. The standard InChI is InChI=1S/C32H16F4N6/c33-27-7-17(8-28(34)41-27)15-1-3-19-21-11-26-22(12-25(21)31(39-13-37)23(19)5-15)20-4-2-16(6-24(20)32(26)40-14-38)18-9-29(35)42-30(36)10-18/h1-9,11-12,22,26,30H,10H2/b39-31+,40-32+. The fourth-order valence-electron chi connectivity index (χ4n) is 6.26. The Morgan fingerprint density at radius 1 is 0.762 bits per heavy atom. The van der Waals surface area contributed by atoms with E-state index in [2.05, 4.69) is 20.0 Å². The van der Waals surface area contributed by atoms with Crippen LogP contribution in [0.25, 0.3) is 22.3 Å². The van der Waals surface area contributed by atoms with Crippen LogP contribution in [0.15, 0.2) is 87.3 Å². The van der Waals surface area contributed by atoms with E-state index < -0.39 is 24.2 Å². The second-order valence-corrected chi connectivity index (χ2v) is 10.2. The number of fused-ring (bicyclic) bond motifs is 6. The topological polar surface area (TPSA) is 97.5 Å². The molecule has 7 rings (SSSR count). The molecule has 4 aliphatic rings. The minimum atomic E-state index is -1.67. The number of halogens is 4. The summed E-state index contributed by atoms with van der Waals surface area (Å²) in [6, 6.07) is 13.0. The van der Waals surface area contributed by atoms with Crippen molar-refractivity contribution in [1.82, 2.24) is 4.98 Å². The van der Waals surface area contributed by atoms with Crippen molar-refractivity contribution < 1.29 is 17.6 Å². The van der Waals surface area contributed by atoms with Crippen LogP contribution >= 0.6 is 0 Å². The van der Waals surface area contributed by atoms with E-state index in [1.54, 1.807) is 30.3 Å². The molecule has 3 aromatic rings. The van der Waals surface area contributed by atoms with Crippen LogP contribution in [0.2, 0.25) is 0 Å². The summed E-state index contributed by atoms with van der Waals surface area (Å²) < 4.78 is 55.5. The van der Waals surface area contributed by atoms with Crippen LogP contribution in [0, 0.1) is 40.7 Å². The van der Waals surface area contributed by atoms with Crippen LogP contribution in [0.4, 0.5) is 17.6 Å². The summed E-state index contributed by atoms with van der Waals surface area (Å²) in [5.74, 6) is -3.34. The van der Waals surface area contributed by atoms with Gasteiger partial charge >= 0.3 is 0 Å². The zero-order valence-corrected chi connectivity index (χ0v) is 21.5. The van der Waals surface area contributed by atoms with E-state index in [4.69, 9.17) is 0 Å². The largest absolute Gasteiger partial charge is 0.221 e. The molecule has 2 heterocycles. The predicted molar refractivity (Wildman–Crippen MR) is 149 cm³/mol. The molecule has 6 nitrogen and oxygen atoms in total. The lowest BCUT2D eigenvalue weighted by Crippen LogP contribution is -2.16. The molecule has 3 atom stereocenters. The van der Waals surface area contributed by atoms with Gasteiger partial charge in [0.2, 0.25) is 30.2 Å². The van der Waals surface area contributed by atoms with Crippen molar-refractivity contribution in [1.29, 1.82) is 10.5 Å². The minimum absolute atomic E-state index is 0.0660. The van der Waals surface area contributed by atoms with E-state index in [-0.39, 0.29) is 18.3 Å². The molecule has 10 heteroatoms. The summed E-state index contributed by atoms with van der Waals surface area (Å²) in [6.07, 6.45) is 7.21. The van der Waals surface area contributed by atoms with E-state index in [1.807, 2.05) is 30.6 Å². The second-order valence-electron chi connectivity index (χ2n) is 10.2. The maximum absolute atomic E-state index is 14.0. The molecule has 0 amide bonds. The third kappa shape index (κ3) is 4.00. The molecule has 202 valence electrons. The van der Waals surface area contributed by atoms with Gasteiger partial charge in [0, 0.05) is 47.1 Å². The third-order valence-corrected chi connectivity index (χ3v) is 7.94. The van der Waals surface area contributed by atoms with Crippen LogP contribution in [-0.4, -0.2) is 28.7 Å². The summed E-state index contributed by atoms with van der Waals surface area (Å²) in [6.45, 7) is 0. The van der Waals surface area contributed by atoms with Gasteiger partial charge < -0.3 is 0 Å². The van der Waals surface area contributed by atoms with Crippen LogP contribution < -0.4 is 0 Å². The Bertz CT molecular complexity index is 1980. The van der Waals surface area contributed by atoms with Crippen molar-refractivity contribution in [3.63, 3.8) is 0 Å². The smallest absolute Gasteiger partial charge is 0.216 e. The molecule has 0 bridgehead atoms. The molecule has 0 N–H and O–H groups in total. The summed E-state index contributed by atoms with van der Waals surface area (Å²) in [5.41, 5.74) is 7.34. The monoisotopic (exact) mass is 560 g/mol. The molecule has 0 fully saturated rings. The second kappa shape index (κ2) is 9.57. The fraction of sp³-hybridized carbons (Fsp3) is 0.125. The average Bonchev–Trinajstić information content (AvgIpc) is 3.42. The van der Waals surface area contributed by atoms with Gasteiger partial charge in [-0.25, -0.2) is 9.38 Å². The number of pyridine rings is 1. The molecule has 0 spiro atoms. The lowest BCUT2D eigenvalue weighted by atomic mass is 9.81. The lowest BCUT2D eigenvalue weighted by Gasteiger charge is -2.21. The highest BCUT2D eigenvalue weighted by Gasteiger charge is 2.42. The molecular formula is C32H16F4N6. The first kappa shape index (κ1) is 25.5. The van der Waals surface area contributed by atoms with E-state index in [0.717, 1.165) is 34.4 Å². The Morgan fingerprint density at radius 2 is 1.48 bits per heavy atom. The highest BCUT2D eigenvalue weighted by molar-refractivity contribution is 6.31. The van der Waals surface area contributed by atoms with Gasteiger partial charge in [0.15, 0.2) is 6.30 Å². The molecule has 1 aromatic heterocycles. The molecule has 0 saturated carbocycles. The first-order valence-electron chi connectivity index (χ1n) is 12.9. The summed E-state index contributed by atoms with van der Waals surface area (Å²) in [5, 5.41) is 19.1. The number of hydrogen-bond acceptors (Lipinski definition) is 6. The Labute approximate surface area is 236 Å². The van der Waals surface area contributed by atoms with Crippen LogP contribution in [0.1, 0.15) is 40.2 Å². The van der Waals surface area contributed by atoms with Gasteiger partial charge in [-0.15, -0.1) is 0 Å². The Morgan fingerprint density at radius 3 is 2.21 bits per heavy atom. The number of nitriles is 2. The first-order valence-corrected chi connectivity index (χ1v) is 12.9. The van der Waals surface area contributed by atoms with Gasteiger partial charge in [-0.05, 0) is 57.2 Å². The van der Waals surface area contributed by atoms with Crippen LogP contribution in [0.5, 0.6) is 0 Å². The first-order chi connectivity index (χ1) is 20.3. The summed E-state index contributed by atoms with van der Waals surface area (Å²) in [7, 11) is 0. The maximum atomic E-state index is 14.0. The number of rotatable bonds is 2. The summed E-state index contributed by atoms with van der Waals surface area (Å²) >= 11 is 0. The zero-order valence-electron chi connectivity index (χ0n) is 21.5. The van der Waals surface area contributed by atoms with Gasteiger partial charge in [0.25, 0.3) is 0 Å². The third-order valence-electron chi connectivity index (χ3n) is 7.94. The number of alkyl halides is 1. The number of benzene rings is 2. The highest BCUT2D eigenvalue weighted by atomic mass is 19.2. The molecule has 42 heavy (non-hydrogen) atoms. The Hall–Kier alpha value is -5.48. The van der Waals surface area contributed by atoms with Crippen molar-refractivity contribution >= 4 is 28.5 Å². The molecule has 3 unspecified atom stereocenters. The van der Waals surface area contributed by atoms with Crippen LogP contribution in [0.3, 0.4) is 0 Å². The van der Waals surface area contributed by atoms with Crippen molar-refractivity contribution in [2.45, 2.75) is 18.6 Å². The molecule has 1 aliphatic heterocycles. The van der Waals surface area contributed by atoms with Crippen LogP contribution in [-0.2, 0) is 0 Å². The molecule has 0 saturated heterocycles. The van der Waals surface area contributed by atoms with Crippen molar-refractivity contribution in [3.8, 4) is 23.5 Å². The fourth-order valence-corrected chi connectivity index (χ4v) is 6.26. The van der Waals surface area contributed by atoms with Crippen molar-refractivity contribution in [2.24, 2.45) is 20.9 Å². The van der Waals surface area contributed by atoms with E-state index in [1.165, 1.54) is 6.08 Å². The van der Waals surface area contributed by atoms with E-state index >= 15 is 0 Å². The highest BCUT2D eigenvalue weighted by Crippen LogP contribution is 2.51. The molecule has 3 aliphatic carbocycles. The normalized spacial score (nSPS) is 23.5. The van der Waals surface area contributed by atoms with Gasteiger partial charge in [-0.2, -0.15) is 38.7 Å². The van der Waals surface area contributed by atoms with Crippen molar-refractivity contribution in [3.05, 3.63) is 112 Å². The van der Waals surface area contributed by atoms with Gasteiger partial charge in [-0.3, -0.25) is 0 Å². The van der Waals surface area contributed by atoms with Gasteiger partial charge in [-0.1, -0.05) is 36.4 Å². The average molecular weight is 561 g/mol. The lowest BCUT2D eigenvalue weighted by molar-refractivity contribution is 0.349. The van der Waals surface area contributed by atoms with E-state index in [0.29, 0.717) is 44.8 Å². The number of nitrogens with zero attached hydrogens (tertiary/aromatic N) is 6. The zero-order chi connectivity index (χ0) is 29.1. The summed E-state index contributed by atoms with van der Waals surface area (Å²) in [4.78, 5) is 14.7. The number of allylic oxidation sites excluding steroid dienone is 5. The predicted octanol–water partition coefficient (Wildman–Crippen LogP) is 6.77. The molecule has 0 radical (unpaired) electrons. The molecule has 2 aromatic carbocycles. The van der Waals surface area contributed by atoms with Gasteiger partial charge in [0.05, 0.1) is 11.4 Å². The number of hydrogen-bond donors (Lipinski definition) is 0. The maximum Gasteiger partial charge on any atom is 0.216 e. The van der Waals surface area contributed by atoms with Gasteiger partial charge in [0.1, 0.15) is 0 Å². The molecular weight excluding hydrogens is 544 g/mol. The minimum Gasteiger partial charge on any atom is -0.221 e. The Balaban J connectivity index is 1.35.